The van der Waals surface area contributed by atoms with E-state index in [2.05, 4.69) is 71.9 Å². The van der Waals surface area contributed by atoms with Gasteiger partial charge in [0, 0.05) is 28.7 Å². The van der Waals surface area contributed by atoms with E-state index < -0.39 is 5.66 Å². The molecular formula is C19H23N5. The number of fused-ring (bicyclic) bond motifs is 2. The Labute approximate surface area is 142 Å². The van der Waals surface area contributed by atoms with E-state index in [4.69, 9.17) is 4.99 Å². The third kappa shape index (κ3) is 2.32. The average Bonchev–Trinajstić information content (AvgIpc) is 3.06. The van der Waals surface area contributed by atoms with Gasteiger partial charge < -0.3 is 20.5 Å². The van der Waals surface area contributed by atoms with Crippen LogP contribution in [0, 0.1) is 0 Å². The van der Waals surface area contributed by atoms with Crippen molar-refractivity contribution in [3.63, 3.8) is 0 Å². The smallest absolute Gasteiger partial charge is 0.169 e. The molecule has 0 bridgehead atoms. The molecule has 0 spiro atoms. The summed E-state index contributed by atoms with van der Waals surface area (Å²) in [5.74, 6) is 0.936. The first-order valence-electron chi connectivity index (χ1n) is 8.24. The fourth-order valence-electron chi connectivity index (χ4n) is 3.59. The lowest BCUT2D eigenvalue weighted by atomic mass is 9.98. The molecule has 0 fully saturated rings. The van der Waals surface area contributed by atoms with Crippen LogP contribution in [0.2, 0.25) is 0 Å². The van der Waals surface area contributed by atoms with Crippen molar-refractivity contribution >= 4 is 22.3 Å². The first-order chi connectivity index (χ1) is 11.5. The van der Waals surface area contributed by atoms with E-state index >= 15 is 0 Å². The van der Waals surface area contributed by atoms with Crippen LogP contribution in [0.5, 0.6) is 0 Å². The van der Waals surface area contributed by atoms with E-state index in [-0.39, 0.29) is 0 Å². The van der Waals surface area contributed by atoms with Gasteiger partial charge in [-0.1, -0.05) is 12.1 Å². The van der Waals surface area contributed by atoms with Gasteiger partial charge >= 0.3 is 0 Å². The van der Waals surface area contributed by atoms with Gasteiger partial charge in [0.2, 0.25) is 0 Å². The molecule has 1 atom stereocenters. The topological polar surface area (TPSA) is 55.5 Å². The molecule has 5 heteroatoms. The predicted octanol–water partition coefficient (Wildman–Crippen LogP) is 2.80. The molecule has 0 radical (unpaired) electrons. The van der Waals surface area contributed by atoms with Crippen LogP contribution < -0.4 is 10.6 Å². The highest BCUT2D eigenvalue weighted by Crippen LogP contribution is 2.34. The molecule has 2 aliphatic rings. The number of benzene rings is 1. The molecule has 4 rings (SSSR count). The lowest BCUT2D eigenvalue weighted by Crippen LogP contribution is -2.41. The molecule has 124 valence electrons. The van der Waals surface area contributed by atoms with E-state index in [0.717, 1.165) is 29.3 Å². The van der Waals surface area contributed by atoms with Gasteiger partial charge in [-0.05, 0) is 57.9 Å². The molecule has 3 N–H and O–H groups in total. The van der Waals surface area contributed by atoms with Crippen LogP contribution in [0.1, 0.15) is 25.1 Å². The maximum absolute atomic E-state index is 4.69. The van der Waals surface area contributed by atoms with Crippen molar-refractivity contribution in [2.45, 2.75) is 26.1 Å². The molecular weight excluding hydrogens is 298 g/mol. The molecule has 5 nitrogen and oxygen atoms in total. The molecule has 0 saturated heterocycles. The zero-order valence-electron chi connectivity index (χ0n) is 14.6. The summed E-state index contributed by atoms with van der Waals surface area (Å²) < 4.78 is 0. The Morgan fingerprint density at radius 1 is 1.25 bits per heavy atom. The summed E-state index contributed by atoms with van der Waals surface area (Å²) in [6.45, 7) is 5.02. The van der Waals surface area contributed by atoms with Crippen LogP contribution in [0.25, 0.3) is 16.5 Å². The molecule has 3 heterocycles. The fourth-order valence-corrected chi connectivity index (χ4v) is 3.59. The first-order valence-corrected chi connectivity index (χ1v) is 8.24. The molecule has 1 aromatic heterocycles. The van der Waals surface area contributed by atoms with Crippen molar-refractivity contribution < 1.29 is 0 Å². The van der Waals surface area contributed by atoms with Crippen LogP contribution >= 0.6 is 0 Å². The Kier molecular flexibility index (Phi) is 3.28. The molecule has 0 amide bonds. The predicted molar refractivity (Wildman–Crippen MR) is 99.5 cm³/mol. The van der Waals surface area contributed by atoms with E-state index in [0.29, 0.717) is 0 Å². The average molecular weight is 321 g/mol. The number of aliphatic imine (C=N–C) groups is 1. The van der Waals surface area contributed by atoms with Crippen LogP contribution in [-0.2, 0) is 6.54 Å². The summed E-state index contributed by atoms with van der Waals surface area (Å²) in [6.07, 6.45) is 4.09. The highest BCUT2D eigenvalue weighted by Gasteiger charge is 2.37. The molecule has 2 aliphatic heterocycles. The minimum atomic E-state index is -0.405. The summed E-state index contributed by atoms with van der Waals surface area (Å²) in [5, 5.41) is 8.05. The third-order valence-electron chi connectivity index (χ3n) is 4.60. The fraction of sp³-hybridized carbons (Fsp3) is 0.316. The van der Waals surface area contributed by atoms with Crippen molar-refractivity contribution in [2.75, 3.05) is 14.1 Å². The minimum absolute atomic E-state index is 0.405. The van der Waals surface area contributed by atoms with Crippen molar-refractivity contribution in [2.24, 2.45) is 4.99 Å². The number of hydrogen-bond donors (Lipinski definition) is 3. The second kappa shape index (κ2) is 5.24. The SMILES string of the molecule is CC1=NC2(C)NC=CC(c3cc4c(CN(C)C)cccc4[nH]3)=C2N1. The second-order valence-corrected chi connectivity index (χ2v) is 6.96. The van der Waals surface area contributed by atoms with Gasteiger partial charge in [-0.3, -0.25) is 0 Å². The monoisotopic (exact) mass is 321 g/mol. The Bertz CT molecular complexity index is 900. The number of aromatic amines is 1. The highest BCUT2D eigenvalue weighted by molar-refractivity contribution is 5.94. The van der Waals surface area contributed by atoms with Crippen molar-refractivity contribution in [1.82, 2.24) is 20.5 Å². The van der Waals surface area contributed by atoms with Crippen LogP contribution in [0.4, 0.5) is 0 Å². The number of amidine groups is 1. The van der Waals surface area contributed by atoms with Gasteiger partial charge in [0.05, 0.1) is 5.70 Å². The first kappa shape index (κ1) is 15.0. The second-order valence-electron chi connectivity index (χ2n) is 6.96. The summed E-state index contributed by atoms with van der Waals surface area (Å²) >= 11 is 0. The maximum Gasteiger partial charge on any atom is 0.169 e. The van der Waals surface area contributed by atoms with Crippen LogP contribution in [0.3, 0.4) is 0 Å². The number of H-pyrrole nitrogens is 1. The van der Waals surface area contributed by atoms with Gasteiger partial charge in [0.25, 0.3) is 0 Å². The summed E-state index contributed by atoms with van der Waals surface area (Å²) in [5.41, 5.74) is 5.47. The Morgan fingerprint density at radius 2 is 2.08 bits per heavy atom. The number of rotatable bonds is 3. The summed E-state index contributed by atoms with van der Waals surface area (Å²) in [4.78, 5) is 10.5. The lowest BCUT2D eigenvalue weighted by molar-refractivity contribution is 0.404. The molecule has 24 heavy (non-hydrogen) atoms. The highest BCUT2D eigenvalue weighted by atomic mass is 15.3. The maximum atomic E-state index is 4.69. The largest absolute Gasteiger partial charge is 0.363 e. The van der Waals surface area contributed by atoms with Gasteiger partial charge in [-0.25, -0.2) is 4.99 Å². The van der Waals surface area contributed by atoms with Crippen molar-refractivity contribution in [1.29, 1.82) is 0 Å². The zero-order chi connectivity index (χ0) is 16.9. The standard InChI is InChI=1S/C19H23N5/c1-12-21-18-14(8-9-20-19(18,2)23-12)17-10-15-13(11-24(3)4)6-5-7-16(15)22-17/h5-10,20,22H,11H2,1-4H3,(H,21,23). The van der Waals surface area contributed by atoms with Crippen LogP contribution in [0.15, 0.2) is 47.2 Å². The molecule has 2 aromatic rings. The number of nitrogens with zero attached hydrogens (tertiary/aromatic N) is 2. The normalized spacial score (nSPS) is 22.6. The Balaban J connectivity index is 1.84. The number of nitrogens with one attached hydrogen (secondary N) is 3. The van der Waals surface area contributed by atoms with E-state index in [1.807, 2.05) is 13.1 Å². The minimum Gasteiger partial charge on any atom is -0.363 e. The van der Waals surface area contributed by atoms with Crippen LogP contribution in [-0.4, -0.2) is 35.5 Å². The van der Waals surface area contributed by atoms with Gasteiger partial charge in [-0.2, -0.15) is 0 Å². The van der Waals surface area contributed by atoms with Crippen molar-refractivity contribution in [3.05, 3.63) is 53.5 Å². The molecule has 0 saturated carbocycles. The Hall–Kier alpha value is -2.53. The number of aromatic nitrogens is 1. The molecule has 1 unspecified atom stereocenters. The summed E-state index contributed by atoms with van der Waals surface area (Å²) in [6, 6.07) is 8.70. The van der Waals surface area contributed by atoms with Crippen molar-refractivity contribution in [3.8, 4) is 0 Å². The summed E-state index contributed by atoms with van der Waals surface area (Å²) in [7, 11) is 4.20. The molecule has 0 aliphatic carbocycles. The zero-order valence-corrected chi connectivity index (χ0v) is 14.6. The van der Waals surface area contributed by atoms with Gasteiger partial charge in [0.1, 0.15) is 5.84 Å². The van der Waals surface area contributed by atoms with E-state index in [1.54, 1.807) is 0 Å². The number of allylic oxidation sites excluding steroid dienone is 2. The van der Waals surface area contributed by atoms with Gasteiger partial charge in [0.15, 0.2) is 5.66 Å². The number of dihydropyridines is 1. The number of hydrogen-bond acceptors (Lipinski definition) is 4. The van der Waals surface area contributed by atoms with E-state index in [1.165, 1.54) is 16.5 Å². The quantitative estimate of drug-likeness (QED) is 0.815. The lowest BCUT2D eigenvalue weighted by Gasteiger charge is -2.28. The molecule has 1 aromatic carbocycles. The Morgan fingerprint density at radius 3 is 2.88 bits per heavy atom. The third-order valence-corrected chi connectivity index (χ3v) is 4.60. The van der Waals surface area contributed by atoms with Gasteiger partial charge in [-0.15, -0.1) is 0 Å². The van der Waals surface area contributed by atoms with E-state index in [9.17, 15) is 0 Å².